The zero-order valence-corrected chi connectivity index (χ0v) is 10.3. The predicted molar refractivity (Wildman–Crippen MR) is 69.9 cm³/mol. The number of hydrogen-bond donors (Lipinski definition) is 1. The van der Waals surface area contributed by atoms with Crippen molar-refractivity contribution in [3.8, 4) is 0 Å². The second-order valence-electron chi connectivity index (χ2n) is 4.05. The van der Waals surface area contributed by atoms with E-state index in [9.17, 15) is 14.3 Å². The van der Waals surface area contributed by atoms with E-state index in [1.165, 1.54) is 24.1 Å². The highest BCUT2D eigenvalue weighted by atomic mass is 19.1. The van der Waals surface area contributed by atoms with E-state index in [0.29, 0.717) is 5.69 Å². The van der Waals surface area contributed by atoms with Gasteiger partial charge < -0.3 is 10.0 Å². The Balaban J connectivity index is 2.53. The maximum Gasteiger partial charge on any atom is 0.326 e. The maximum absolute atomic E-state index is 13.9. The predicted octanol–water partition coefficient (Wildman–Crippen LogP) is 2.83. The Morgan fingerprint density at radius 1 is 1.32 bits per heavy atom. The summed E-state index contributed by atoms with van der Waals surface area (Å²) < 4.78 is 13.9. The van der Waals surface area contributed by atoms with Gasteiger partial charge in [-0.15, -0.1) is 0 Å². The van der Waals surface area contributed by atoms with Crippen molar-refractivity contribution in [2.24, 2.45) is 0 Å². The average Bonchev–Trinajstić information content (AvgIpc) is 2.42. The van der Waals surface area contributed by atoms with Crippen LogP contribution in [0.1, 0.15) is 6.92 Å². The topological polar surface area (TPSA) is 53.4 Å². The largest absolute Gasteiger partial charge is 0.480 e. The number of pyridine rings is 1. The van der Waals surface area contributed by atoms with E-state index in [2.05, 4.69) is 4.98 Å². The maximum atomic E-state index is 13.9. The van der Waals surface area contributed by atoms with Crippen molar-refractivity contribution in [3.05, 3.63) is 54.6 Å². The van der Waals surface area contributed by atoms with Gasteiger partial charge in [-0.05, 0) is 31.2 Å². The number of carbonyl (C=O) groups is 1. The van der Waals surface area contributed by atoms with Crippen molar-refractivity contribution < 1.29 is 14.3 Å². The normalized spacial score (nSPS) is 11.9. The Bertz CT molecular complexity index is 575. The van der Waals surface area contributed by atoms with Crippen LogP contribution in [0.5, 0.6) is 0 Å². The molecule has 1 heterocycles. The fourth-order valence-electron chi connectivity index (χ4n) is 1.83. The molecule has 4 nitrogen and oxygen atoms in total. The van der Waals surface area contributed by atoms with Crippen molar-refractivity contribution in [2.75, 3.05) is 4.90 Å². The van der Waals surface area contributed by atoms with Gasteiger partial charge in [-0.25, -0.2) is 9.18 Å². The Morgan fingerprint density at radius 3 is 2.63 bits per heavy atom. The molecule has 1 atom stereocenters. The minimum atomic E-state index is -1.04. The van der Waals surface area contributed by atoms with Gasteiger partial charge in [0, 0.05) is 6.20 Å². The summed E-state index contributed by atoms with van der Waals surface area (Å²) in [7, 11) is 0. The lowest BCUT2D eigenvalue weighted by atomic mass is 10.2. The van der Waals surface area contributed by atoms with Crippen LogP contribution in [0.15, 0.2) is 48.8 Å². The van der Waals surface area contributed by atoms with Crippen LogP contribution in [0.3, 0.4) is 0 Å². The van der Waals surface area contributed by atoms with Crippen LogP contribution in [-0.4, -0.2) is 22.1 Å². The fraction of sp³-hybridized carbons (Fsp3) is 0.143. The molecule has 2 aromatic rings. The molecule has 0 unspecified atom stereocenters. The van der Waals surface area contributed by atoms with Gasteiger partial charge in [0.25, 0.3) is 0 Å². The van der Waals surface area contributed by atoms with E-state index < -0.39 is 17.8 Å². The summed E-state index contributed by atoms with van der Waals surface area (Å²) in [5.74, 6) is -1.51. The lowest BCUT2D eigenvalue weighted by Gasteiger charge is -2.28. The zero-order valence-electron chi connectivity index (χ0n) is 10.3. The second-order valence-corrected chi connectivity index (χ2v) is 4.05. The number of aliphatic carboxylic acids is 1. The zero-order chi connectivity index (χ0) is 13.8. The number of hydrogen-bond acceptors (Lipinski definition) is 3. The van der Waals surface area contributed by atoms with Gasteiger partial charge in [-0.2, -0.15) is 0 Å². The van der Waals surface area contributed by atoms with Crippen molar-refractivity contribution in [1.29, 1.82) is 0 Å². The van der Waals surface area contributed by atoms with Gasteiger partial charge >= 0.3 is 5.97 Å². The molecule has 0 aliphatic carbocycles. The van der Waals surface area contributed by atoms with E-state index in [1.807, 2.05) is 0 Å². The molecule has 0 aliphatic heterocycles. The third-order valence-corrected chi connectivity index (χ3v) is 2.78. The standard InChI is InChI=1S/C14H13FN2O2/c1-10(14(18)19)17(11-5-4-8-16-9-11)13-7-3-2-6-12(13)15/h2-10H,1H3,(H,18,19)/t10-/m0/s1. The van der Waals surface area contributed by atoms with Crippen LogP contribution < -0.4 is 4.90 Å². The van der Waals surface area contributed by atoms with E-state index in [4.69, 9.17) is 0 Å². The van der Waals surface area contributed by atoms with Gasteiger partial charge in [-0.1, -0.05) is 12.1 Å². The number of halogens is 1. The van der Waals surface area contributed by atoms with Gasteiger partial charge in [0.15, 0.2) is 0 Å². The first-order valence-electron chi connectivity index (χ1n) is 5.78. The molecule has 0 aliphatic rings. The number of carboxylic acids is 1. The third-order valence-electron chi connectivity index (χ3n) is 2.78. The molecule has 2 rings (SSSR count). The van der Waals surface area contributed by atoms with Crippen LogP contribution in [0, 0.1) is 5.82 Å². The van der Waals surface area contributed by atoms with E-state index in [0.717, 1.165) is 0 Å². The highest BCUT2D eigenvalue weighted by Gasteiger charge is 2.24. The summed E-state index contributed by atoms with van der Waals surface area (Å²) >= 11 is 0. The summed E-state index contributed by atoms with van der Waals surface area (Å²) in [6, 6.07) is 8.54. The second kappa shape index (κ2) is 5.48. The highest BCUT2D eigenvalue weighted by molar-refractivity contribution is 5.82. The smallest absolute Gasteiger partial charge is 0.326 e. The first kappa shape index (κ1) is 13.0. The number of aromatic nitrogens is 1. The SMILES string of the molecule is C[C@@H](C(=O)O)N(c1cccnc1)c1ccccc1F. The molecule has 0 saturated heterocycles. The van der Waals surface area contributed by atoms with Gasteiger partial charge in [-0.3, -0.25) is 4.98 Å². The molecule has 1 N–H and O–H groups in total. The Labute approximate surface area is 110 Å². The fourth-order valence-corrected chi connectivity index (χ4v) is 1.83. The first-order chi connectivity index (χ1) is 9.11. The average molecular weight is 260 g/mol. The van der Waals surface area contributed by atoms with Crippen molar-refractivity contribution >= 4 is 17.3 Å². The number of carboxylic acid groups (broad SMARTS) is 1. The van der Waals surface area contributed by atoms with Crippen molar-refractivity contribution in [2.45, 2.75) is 13.0 Å². The van der Waals surface area contributed by atoms with Crippen LogP contribution in [0.2, 0.25) is 0 Å². The molecule has 1 aromatic carbocycles. The van der Waals surface area contributed by atoms with Gasteiger partial charge in [0.2, 0.25) is 0 Å². The van der Waals surface area contributed by atoms with Crippen LogP contribution in [0.25, 0.3) is 0 Å². The minimum absolute atomic E-state index is 0.213. The molecular formula is C14H13FN2O2. The Kier molecular flexibility index (Phi) is 3.75. The molecule has 0 spiro atoms. The quantitative estimate of drug-likeness (QED) is 0.918. The highest BCUT2D eigenvalue weighted by Crippen LogP contribution is 2.29. The molecule has 0 amide bonds. The van der Waals surface area contributed by atoms with Gasteiger partial charge in [0.05, 0.1) is 17.6 Å². The summed E-state index contributed by atoms with van der Waals surface area (Å²) in [4.78, 5) is 16.6. The van der Waals surface area contributed by atoms with Crippen molar-refractivity contribution in [1.82, 2.24) is 4.98 Å². The monoisotopic (exact) mass is 260 g/mol. The number of anilines is 2. The lowest BCUT2D eigenvalue weighted by Crippen LogP contribution is -2.36. The lowest BCUT2D eigenvalue weighted by molar-refractivity contribution is -0.138. The summed E-state index contributed by atoms with van der Waals surface area (Å²) in [5, 5.41) is 9.18. The number of rotatable bonds is 4. The molecule has 0 bridgehead atoms. The molecule has 1 aromatic heterocycles. The van der Waals surface area contributed by atoms with Gasteiger partial charge in [0.1, 0.15) is 11.9 Å². The van der Waals surface area contributed by atoms with E-state index in [1.54, 1.807) is 36.5 Å². The molecule has 5 heteroatoms. The molecule has 0 fully saturated rings. The Morgan fingerprint density at radius 2 is 2.05 bits per heavy atom. The summed E-state index contributed by atoms with van der Waals surface area (Å²) in [6.45, 7) is 1.50. The first-order valence-corrected chi connectivity index (χ1v) is 5.78. The number of nitrogens with zero attached hydrogens (tertiary/aromatic N) is 2. The Hall–Kier alpha value is -2.43. The van der Waals surface area contributed by atoms with Crippen LogP contribution in [0.4, 0.5) is 15.8 Å². The third kappa shape index (κ3) is 2.70. The molecule has 19 heavy (non-hydrogen) atoms. The number of benzene rings is 1. The molecule has 98 valence electrons. The minimum Gasteiger partial charge on any atom is -0.480 e. The summed E-state index contributed by atoms with van der Waals surface area (Å²) in [5.41, 5.74) is 0.743. The van der Waals surface area contributed by atoms with Crippen molar-refractivity contribution in [3.63, 3.8) is 0 Å². The van der Waals surface area contributed by atoms with Crippen LogP contribution >= 0.6 is 0 Å². The molecule has 0 radical (unpaired) electrons. The molecule has 0 saturated carbocycles. The summed E-state index contributed by atoms with van der Waals surface area (Å²) in [6.07, 6.45) is 3.08. The number of para-hydroxylation sites is 1. The molecular weight excluding hydrogens is 247 g/mol. The van der Waals surface area contributed by atoms with Crippen LogP contribution in [-0.2, 0) is 4.79 Å². The van der Waals surface area contributed by atoms with E-state index in [-0.39, 0.29) is 5.69 Å². The van der Waals surface area contributed by atoms with E-state index >= 15 is 0 Å².